The molecule has 1 aliphatic carbocycles. The maximum absolute atomic E-state index is 12.7. The second kappa shape index (κ2) is 8.52. The second-order valence-corrected chi connectivity index (χ2v) is 6.56. The van der Waals surface area contributed by atoms with Crippen molar-refractivity contribution in [2.75, 3.05) is 17.7 Å². The molecule has 2 N–H and O–H groups in total. The van der Waals surface area contributed by atoms with E-state index in [0.29, 0.717) is 22.7 Å². The fraction of sp³-hybridized carbons (Fsp3) is 0.333. The normalized spacial score (nSPS) is 14.5. The molecule has 3 rings (SSSR count). The van der Waals surface area contributed by atoms with Gasteiger partial charge in [0, 0.05) is 17.7 Å². The van der Waals surface area contributed by atoms with Crippen LogP contribution < -0.4 is 15.4 Å². The average Bonchev–Trinajstić information content (AvgIpc) is 2.69. The van der Waals surface area contributed by atoms with Crippen molar-refractivity contribution in [3.63, 3.8) is 0 Å². The third-order valence-corrected chi connectivity index (χ3v) is 4.73. The van der Waals surface area contributed by atoms with Crippen LogP contribution >= 0.6 is 0 Å². The van der Waals surface area contributed by atoms with Gasteiger partial charge < -0.3 is 15.4 Å². The van der Waals surface area contributed by atoms with Gasteiger partial charge in [-0.2, -0.15) is 0 Å². The zero-order valence-corrected chi connectivity index (χ0v) is 15.0. The number of rotatable bonds is 5. The minimum atomic E-state index is -0.266. The van der Waals surface area contributed by atoms with Crippen LogP contribution in [0.5, 0.6) is 5.75 Å². The summed E-state index contributed by atoms with van der Waals surface area (Å²) in [6.07, 6.45) is 5.23. The van der Waals surface area contributed by atoms with E-state index in [9.17, 15) is 9.59 Å². The van der Waals surface area contributed by atoms with E-state index in [2.05, 4.69) is 10.6 Å². The number of ether oxygens (including phenoxy) is 1. The van der Waals surface area contributed by atoms with Crippen LogP contribution in [0.1, 0.15) is 42.5 Å². The minimum absolute atomic E-state index is 0.00586. The summed E-state index contributed by atoms with van der Waals surface area (Å²) in [5.41, 5.74) is 1.63. The van der Waals surface area contributed by atoms with Crippen molar-refractivity contribution in [3.05, 3.63) is 54.1 Å². The largest absolute Gasteiger partial charge is 0.497 e. The third kappa shape index (κ3) is 4.42. The van der Waals surface area contributed by atoms with Crippen LogP contribution in [0.2, 0.25) is 0 Å². The molecule has 1 saturated carbocycles. The zero-order chi connectivity index (χ0) is 18.4. The van der Waals surface area contributed by atoms with Crippen molar-refractivity contribution in [2.45, 2.75) is 32.1 Å². The van der Waals surface area contributed by atoms with E-state index in [1.807, 2.05) is 18.2 Å². The van der Waals surface area contributed by atoms with E-state index in [4.69, 9.17) is 4.74 Å². The van der Waals surface area contributed by atoms with Crippen LogP contribution in [0.4, 0.5) is 11.4 Å². The lowest BCUT2D eigenvalue weighted by Gasteiger charge is -2.21. The van der Waals surface area contributed by atoms with E-state index >= 15 is 0 Å². The number of amides is 2. The lowest BCUT2D eigenvalue weighted by molar-refractivity contribution is -0.120. The molecule has 0 radical (unpaired) electrons. The molecule has 0 unspecified atom stereocenters. The van der Waals surface area contributed by atoms with Gasteiger partial charge in [0.1, 0.15) is 5.75 Å². The fourth-order valence-corrected chi connectivity index (χ4v) is 3.29. The van der Waals surface area contributed by atoms with Gasteiger partial charge in [-0.05, 0) is 37.1 Å². The highest BCUT2D eigenvalue weighted by Crippen LogP contribution is 2.26. The summed E-state index contributed by atoms with van der Waals surface area (Å²) in [7, 11) is 1.58. The molecule has 2 aromatic rings. The first-order chi connectivity index (χ1) is 12.7. The molecule has 136 valence electrons. The second-order valence-electron chi connectivity index (χ2n) is 6.56. The first kappa shape index (κ1) is 18.0. The Morgan fingerprint density at radius 2 is 1.73 bits per heavy atom. The van der Waals surface area contributed by atoms with Crippen molar-refractivity contribution in [1.82, 2.24) is 0 Å². The summed E-state index contributed by atoms with van der Waals surface area (Å²) in [5, 5.41) is 5.80. The van der Waals surface area contributed by atoms with E-state index in [1.165, 1.54) is 6.42 Å². The molecule has 0 saturated heterocycles. The Morgan fingerprint density at radius 3 is 2.50 bits per heavy atom. The van der Waals surface area contributed by atoms with Gasteiger partial charge >= 0.3 is 0 Å². The highest BCUT2D eigenvalue weighted by atomic mass is 16.5. The molecule has 0 bridgehead atoms. The first-order valence-corrected chi connectivity index (χ1v) is 9.02. The van der Waals surface area contributed by atoms with Gasteiger partial charge in [0.25, 0.3) is 5.91 Å². The molecule has 2 amide bonds. The number of methoxy groups -OCH3 is 1. The Hall–Kier alpha value is -2.82. The lowest BCUT2D eigenvalue weighted by atomic mass is 9.88. The van der Waals surface area contributed by atoms with E-state index < -0.39 is 0 Å². The molecular weight excluding hydrogens is 328 g/mol. The predicted molar refractivity (Wildman–Crippen MR) is 103 cm³/mol. The highest BCUT2D eigenvalue weighted by molar-refractivity contribution is 6.10. The van der Waals surface area contributed by atoms with Crippen LogP contribution in [0.25, 0.3) is 0 Å². The Bertz CT molecular complexity index is 782. The van der Waals surface area contributed by atoms with Gasteiger partial charge in [-0.15, -0.1) is 0 Å². The number of nitrogens with one attached hydrogen (secondary N) is 2. The van der Waals surface area contributed by atoms with Crippen LogP contribution in [0, 0.1) is 5.92 Å². The number of hydrogen-bond acceptors (Lipinski definition) is 3. The number of hydrogen-bond donors (Lipinski definition) is 2. The molecule has 5 nitrogen and oxygen atoms in total. The molecule has 0 atom stereocenters. The van der Waals surface area contributed by atoms with E-state index in [1.54, 1.807) is 37.4 Å². The molecular formula is C21H24N2O3. The molecule has 0 aliphatic heterocycles. The number of carbonyl (C=O) groups excluding carboxylic acids is 2. The van der Waals surface area contributed by atoms with Gasteiger partial charge in [-0.25, -0.2) is 0 Å². The summed E-state index contributed by atoms with van der Waals surface area (Å²) in [6, 6.07) is 14.3. The summed E-state index contributed by atoms with van der Waals surface area (Å²) < 4.78 is 5.18. The maximum Gasteiger partial charge on any atom is 0.257 e. The van der Waals surface area contributed by atoms with Gasteiger partial charge in [0.15, 0.2) is 0 Å². The molecule has 0 aromatic heterocycles. The summed E-state index contributed by atoms with van der Waals surface area (Å²) in [5.74, 6) is 0.448. The molecule has 1 aliphatic rings. The lowest BCUT2D eigenvalue weighted by Crippen LogP contribution is -2.26. The molecule has 0 spiro atoms. The van der Waals surface area contributed by atoms with Crippen molar-refractivity contribution in [3.8, 4) is 5.75 Å². The van der Waals surface area contributed by atoms with Gasteiger partial charge in [-0.1, -0.05) is 37.5 Å². The van der Waals surface area contributed by atoms with E-state index in [-0.39, 0.29) is 17.7 Å². The number of carbonyl (C=O) groups is 2. The van der Waals surface area contributed by atoms with Gasteiger partial charge in [0.2, 0.25) is 5.91 Å². The minimum Gasteiger partial charge on any atom is -0.497 e. The number of para-hydroxylation sites is 1. The van der Waals surface area contributed by atoms with Crippen molar-refractivity contribution in [1.29, 1.82) is 0 Å². The molecule has 26 heavy (non-hydrogen) atoms. The van der Waals surface area contributed by atoms with Crippen molar-refractivity contribution < 1.29 is 14.3 Å². The molecule has 1 fully saturated rings. The average molecular weight is 352 g/mol. The fourth-order valence-electron chi connectivity index (χ4n) is 3.29. The van der Waals surface area contributed by atoms with Crippen LogP contribution in [-0.2, 0) is 4.79 Å². The smallest absolute Gasteiger partial charge is 0.257 e. The zero-order valence-electron chi connectivity index (χ0n) is 15.0. The van der Waals surface area contributed by atoms with Gasteiger partial charge in [0.05, 0.1) is 18.4 Å². The first-order valence-electron chi connectivity index (χ1n) is 9.02. The van der Waals surface area contributed by atoms with Crippen molar-refractivity contribution >= 4 is 23.2 Å². The Labute approximate surface area is 153 Å². The van der Waals surface area contributed by atoms with Crippen LogP contribution in [-0.4, -0.2) is 18.9 Å². The third-order valence-electron chi connectivity index (χ3n) is 4.73. The molecule has 5 heteroatoms. The Morgan fingerprint density at radius 1 is 0.962 bits per heavy atom. The SMILES string of the molecule is COc1cccc(NC(=O)c2ccccc2NC(=O)C2CCCCC2)c1. The molecule has 2 aromatic carbocycles. The maximum atomic E-state index is 12.7. The van der Waals surface area contributed by atoms with E-state index in [0.717, 1.165) is 25.7 Å². The van der Waals surface area contributed by atoms with Gasteiger partial charge in [-0.3, -0.25) is 9.59 Å². The topological polar surface area (TPSA) is 67.4 Å². The van der Waals surface area contributed by atoms with Crippen LogP contribution in [0.15, 0.2) is 48.5 Å². The standard InChI is InChI=1S/C21H24N2O3/c1-26-17-11-7-10-16(14-17)22-21(25)18-12-5-6-13-19(18)23-20(24)15-8-3-2-4-9-15/h5-7,10-15H,2-4,8-9H2,1H3,(H,22,25)(H,23,24). The number of anilines is 2. The monoisotopic (exact) mass is 352 g/mol. The summed E-state index contributed by atoms with van der Waals surface area (Å²) in [6.45, 7) is 0. The number of benzene rings is 2. The molecule has 0 heterocycles. The Balaban J connectivity index is 1.73. The predicted octanol–water partition coefficient (Wildman–Crippen LogP) is 4.47. The quantitative estimate of drug-likeness (QED) is 0.834. The highest BCUT2D eigenvalue weighted by Gasteiger charge is 2.22. The van der Waals surface area contributed by atoms with Crippen LogP contribution in [0.3, 0.4) is 0 Å². The summed E-state index contributed by atoms with van der Waals surface area (Å²) >= 11 is 0. The van der Waals surface area contributed by atoms with Crippen molar-refractivity contribution in [2.24, 2.45) is 5.92 Å². The summed E-state index contributed by atoms with van der Waals surface area (Å²) in [4.78, 5) is 25.2. The Kier molecular flexibility index (Phi) is 5.89.